The van der Waals surface area contributed by atoms with Crippen molar-refractivity contribution < 1.29 is 13.2 Å². The second-order valence-corrected chi connectivity index (χ2v) is 5.23. The van der Waals surface area contributed by atoms with E-state index in [0.717, 1.165) is 29.4 Å². The van der Waals surface area contributed by atoms with Crippen molar-refractivity contribution in [2.45, 2.75) is 26.4 Å². The molecule has 1 rings (SSSR count). The first-order chi connectivity index (χ1) is 7.24. The van der Waals surface area contributed by atoms with Gasteiger partial charge in [0.25, 0.3) is 0 Å². The van der Waals surface area contributed by atoms with E-state index in [9.17, 15) is 13.2 Å². The minimum absolute atomic E-state index is 0.0553. The summed E-state index contributed by atoms with van der Waals surface area (Å²) in [5.74, 6) is 0. The van der Waals surface area contributed by atoms with Gasteiger partial charge in [-0.15, -0.1) is 0 Å². The van der Waals surface area contributed by atoms with Gasteiger partial charge >= 0.3 is 6.18 Å². The molecular weight excluding hydrogens is 281 g/mol. The smallest absolute Gasteiger partial charge is 0.166 e. The minimum atomic E-state index is -4.25. The molecule has 0 saturated carbocycles. The molecule has 0 aliphatic rings. The highest BCUT2D eigenvalue weighted by Gasteiger charge is 2.30. The molecule has 0 radical (unpaired) electrons. The summed E-state index contributed by atoms with van der Waals surface area (Å²) in [5, 5.41) is 0.820. The Morgan fingerprint density at radius 3 is 1.94 bits per heavy atom. The lowest BCUT2D eigenvalue weighted by Gasteiger charge is -2.21. The highest BCUT2D eigenvalue weighted by molar-refractivity contribution is 9.09. The number of benzene rings is 1. The quantitative estimate of drug-likeness (QED) is 0.711. The van der Waals surface area contributed by atoms with E-state index in [4.69, 9.17) is 0 Å². The van der Waals surface area contributed by atoms with Crippen LogP contribution in [0.2, 0.25) is 0 Å². The third-order valence-corrected chi connectivity index (χ3v) is 3.84. The number of halogens is 4. The molecule has 1 aromatic carbocycles. The first-order valence-electron chi connectivity index (χ1n) is 4.97. The second kappa shape index (κ2) is 4.78. The first kappa shape index (κ1) is 13.6. The lowest BCUT2D eigenvalue weighted by atomic mass is 9.88. The monoisotopic (exact) mass is 294 g/mol. The Hall–Kier alpha value is -0.510. The summed E-state index contributed by atoms with van der Waals surface area (Å²) in [6.07, 6.45) is -3.49. The molecule has 0 fully saturated rings. The fraction of sp³-hybridized carbons (Fsp3) is 0.500. The van der Waals surface area contributed by atoms with Gasteiger partial charge in [-0.3, -0.25) is 0 Å². The van der Waals surface area contributed by atoms with Crippen LogP contribution in [-0.2, 0) is 12.6 Å². The highest BCUT2D eigenvalue weighted by Crippen LogP contribution is 2.30. The van der Waals surface area contributed by atoms with Crippen LogP contribution in [0.25, 0.3) is 0 Å². The molecule has 4 heteroatoms. The molecule has 0 heterocycles. The Balaban J connectivity index is 2.80. The SMILES string of the molecule is CC(C)(CBr)Cc1ccc(C(F)(F)F)cc1. The zero-order chi connectivity index (χ0) is 12.4. The van der Waals surface area contributed by atoms with E-state index in [1.54, 1.807) is 12.1 Å². The van der Waals surface area contributed by atoms with Gasteiger partial charge in [-0.2, -0.15) is 13.2 Å². The summed E-state index contributed by atoms with van der Waals surface area (Å²) in [7, 11) is 0. The first-order valence-corrected chi connectivity index (χ1v) is 6.09. The lowest BCUT2D eigenvalue weighted by molar-refractivity contribution is -0.137. The van der Waals surface area contributed by atoms with Gasteiger partial charge < -0.3 is 0 Å². The Bertz CT molecular complexity index is 338. The van der Waals surface area contributed by atoms with Crippen molar-refractivity contribution in [1.29, 1.82) is 0 Å². The summed E-state index contributed by atoms with van der Waals surface area (Å²) < 4.78 is 36.9. The van der Waals surface area contributed by atoms with E-state index in [2.05, 4.69) is 29.8 Å². The summed E-state index contributed by atoms with van der Waals surface area (Å²) in [6, 6.07) is 5.37. The molecule has 0 amide bonds. The van der Waals surface area contributed by atoms with Gasteiger partial charge in [-0.05, 0) is 29.5 Å². The Kier molecular flexibility index (Phi) is 4.05. The van der Waals surface area contributed by atoms with Crippen molar-refractivity contribution in [3.8, 4) is 0 Å². The van der Waals surface area contributed by atoms with Crippen LogP contribution in [-0.4, -0.2) is 5.33 Å². The van der Waals surface area contributed by atoms with E-state index in [1.807, 2.05) is 0 Å². The van der Waals surface area contributed by atoms with Gasteiger partial charge in [0.2, 0.25) is 0 Å². The molecule has 90 valence electrons. The molecule has 0 nitrogen and oxygen atoms in total. The Morgan fingerprint density at radius 2 is 1.56 bits per heavy atom. The van der Waals surface area contributed by atoms with Crippen LogP contribution in [0.4, 0.5) is 13.2 Å². The van der Waals surface area contributed by atoms with Gasteiger partial charge in [0.15, 0.2) is 0 Å². The molecule has 0 aliphatic carbocycles. The third kappa shape index (κ3) is 3.81. The van der Waals surface area contributed by atoms with Crippen molar-refractivity contribution in [2.75, 3.05) is 5.33 Å². The maximum atomic E-state index is 12.3. The van der Waals surface area contributed by atoms with E-state index in [0.29, 0.717) is 0 Å². The summed E-state index contributed by atoms with van der Waals surface area (Å²) >= 11 is 3.39. The fourth-order valence-corrected chi connectivity index (χ4v) is 1.61. The van der Waals surface area contributed by atoms with E-state index < -0.39 is 11.7 Å². The topological polar surface area (TPSA) is 0 Å². The van der Waals surface area contributed by atoms with E-state index in [-0.39, 0.29) is 5.41 Å². The van der Waals surface area contributed by atoms with Gasteiger partial charge in [0, 0.05) is 5.33 Å². The summed E-state index contributed by atoms with van der Waals surface area (Å²) in [6.45, 7) is 4.14. The average molecular weight is 295 g/mol. The van der Waals surface area contributed by atoms with Gasteiger partial charge in [0.1, 0.15) is 0 Å². The molecule has 0 atom stereocenters. The Labute approximate surface area is 102 Å². The van der Waals surface area contributed by atoms with E-state index in [1.165, 1.54) is 0 Å². The maximum Gasteiger partial charge on any atom is 0.416 e. The summed E-state index contributed by atoms with van der Waals surface area (Å²) in [4.78, 5) is 0. The minimum Gasteiger partial charge on any atom is -0.166 e. The normalized spacial score (nSPS) is 12.9. The van der Waals surface area contributed by atoms with Crippen LogP contribution < -0.4 is 0 Å². The lowest BCUT2D eigenvalue weighted by Crippen LogP contribution is -2.16. The molecule has 0 saturated heterocycles. The van der Waals surface area contributed by atoms with Crippen LogP contribution in [0.1, 0.15) is 25.0 Å². The molecule has 0 unspecified atom stereocenters. The number of alkyl halides is 4. The fourth-order valence-electron chi connectivity index (χ4n) is 1.41. The molecular formula is C12H14BrF3. The van der Waals surface area contributed by atoms with Gasteiger partial charge in [-0.1, -0.05) is 41.9 Å². The van der Waals surface area contributed by atoms with Crippen molar-refractivity contribution in [3.05, 3.63) is 35.4 Å². The van der Waals surface area contributed by atoms with Crippen LogP contribution >= 0.6 is 15.9 Å². The van der Waals surface area contributed by atoms with Crippen molar-refractivity contribution in [2.24, 2.45) is 5.41 Å². The molecule has 0 aliphatic heterocycles. The van der Waals surface area contributed by atoms with Crippen molar-refractivity contribution in [3.63, 3.8) is 0 Å². The zero-order valence-electron chi connectivity index (χ0n) is 9.24. The van der Waals surface area contributed by atoms with Crippen molar-refractivity contribution in [1.82, 2.24) is 0 Å². The molecule has 16 heavy (non-hydrogen) atoms. The van der Waals surface area contributed by atoms with Crippen LogP contribution in [0, 0.1) is 5.41 Å². The second-order valence-electron chi connectivity index (χ2n) is 4.67. The maximum absolute atomic E-state index is 12.3. The van der Waals surface area contributed by atoms with Crippen molar-refractivity contribution >= 4 is 15.9 Å². The molecule has 0 bridgehead atoms. The number of rotatable bonds is 3. The standard InChI is InChI=1S/C12H14BrF3/c1-11(2,8-13)7-9-3-5-10(6-4-9)12(14,15)16/h3-6H,7-8H2,1-2H3. The molecule has 0 N–H and O–H groups in total. The highest BCUT2D eigenvalue weighted by atomic mass is 79.9. The van der Waals surface area contributed by atoms with Crippen LogP contribution in [0.3, 0.4) is 0 Å². The van der Waals surface area contributed by atoms with E-state index >= 15 is 0 Å². The van der Waals surface area contributed by atoms with Crippen LogP contribution in [0.15, 0.2) is 24.3 Å². The summed E-state index contributed by atoms with van der Waals surface area (Å²) in [5.41, 5.74) is 0.394. The third-order valence-electron chi connectivity index (χ3n) is 2.33. The number of hydrogen-bond acceptors (Lipinski definition) is 0. The van der Waals surface area contributed by atoms with Gasteiger partial charge in [-0.25, -0.2) is 0 Å². The van der Waals surface area contributed by atoms with Crippen LogP contribution in [0.5, 0.6) is 0 Å². The number of hydrogen-bond donors (Lipinski definition) is 0. The molecule has 0 spiro atoms. The van der Waals surface area contributed by atoms with Gasteiger partial charge in [0.05, 0.1) is 5.56 Å². The molecule has 1 aromatic rings. The predicted molar refractivity (Wildman–Crippen MR) is 62.7 cm³/mol. The predicted octanol–water partition coefficient (Wildman–Crippen LogP) is 4.67. The Morgan fingerprint density at radius 1 is 1.06 bits per heavy atom. The molecule has 0 aromatic heterocycles. The largest absolute Gasteiger partial charge is 0.416 e. The average Bonchev–Trinajstić information content (AvgIpc) is 2.16. The zero-order valence-corrected chi connectivity index (χ0v) is 10.8.